The van der Waals surface area contributed by atoms with Crippen LogP contribution in [0, 0.1) is 0 Å². The van der Waals surface area contributed by atoms with Gasteiger partial charge in [-0.25, -0.2) is 0 Å². The highest BCUT2D eigenvalue weighted by Crippen LogP contribution is 2.13. The summed E-state index contributed by atoms with van der Waals surface area (Å²) < 4.78 is 0. The second kappa shape index (κ2) is 10.2. The summed E-state index contributed by atoms with van der Waals surface area (Å²) in [4.78, 5) is 6.71. The van der Waals surface area contributed by atoms with Gasteiger partial charge in [-0.1, -0.05) is 51.2 Å². The summed E-state index contributed by atoms with van der Waals surface area (Å²) in [5.74, 6) is 0. The number of allylic oxidation sites excluding steroid dienone is 1. The molecule has 0 aromatic rings. The van der Waals surface area contributed by atoms with Crippen LogP contribution >= 0.6 is 0 Å². The molecule has 1 rings (SSSR count). The predicted molar refractivity (Wildman–Crippen MR) is 84.4 cm³/mol. The SMILES string of the molecule is CCCCCCCC/C=C/CC1N=CCN1C(C)N. The van der Waals surface area contributed by atoms with E-state index in [-0.39, 0.29) is 12.3 Å². The number of hydrogen-bond donors (Lipinski definition) is 1. The Morgan fingerprint density at radius 2 is 2.00 bits per heavy atom. The molecule has 2 atom stereocenters. The summed E-state index contributed by atoms with van der Waals surface area (Å²) in [6.45, 7) is 5.19. The minimum Gasteiger partial charge on any atom is -0.316 e. The van der Waals surface area contributed by atoms with Crippen molar-refractivity contribution in [1.82, 2.24) is 4.90 Å². The van der Waals surface area contributed by atoms with E-state index in [1.807, 2.05) is 13.1 Å². The monoisotopic (exact) mass is 265 g/mol. The summed E-state index contributed by atoms with van der Waals surface area (Å²) in [6.07, 6.45) is 17.4. The van der Waals surface area contributed by atoms with Gasteiger partial charge in [0, 0.05) is 19.2 Å². The van der Waals surface area contributed by atoms with Gasteiger partial charge in [0.1, 0.15) is 6.17 Å². The lowest BCUT2D eigenvalue weighted by atomic mass is 10.1. The van der Waals surface area contributed by atoms with Crippen LogP contribution in [0.15, 0.2) is 17.1 Å². The third kappa shape index (κ3) is 6.88. The molecule has 2 unspecified atom stereocenters. The van der Waals surface area contributed by atoms with Gasteiger partial charge in [0.05, 0.1) is 6.17 Å². The van der Waals surface area contributed by atoms with Crippen LogP contribution in [0.3, 0.4) is 0 Å². The third-order valence-electron chi connectivity index (χ3n) is 3.71. The molecular weight excluding hydrogens is 234 g/mol. The molecule has 0 spiro atoms. The Kier molecular flexibility index (Phi) is 8.76. The van der Waals surface area contributed by atoms with Crippen molar-refractivity contribution in [3.05, 3.63) is 12.2 Å². The summed E-state index contributed by atoms with van der Waals surface area (Å²) in [5.41, 5.74) is 5.92. The van der Waals surface area contributed by atoms with Gasteiger partial charge in [0.25, 0.3) is 0 Å². The van der Waals surface area contributed by atoms with Gasteiger partial charge in [-0.3, -0.25) is 9.89 Å². The maximum Gasteiger partial charge on any atom is 0.107 e. The molecule has 0 bridgehead atoms. The van der Waals surface area contributed by atoms with Gasteiger partial charge in [0.15, 0.2) is 0 Å². The fraction of sp³-hybridized carbons (Fsp3) is 0.812. The van der Waals surface area contributed by atoms with E-state index in [9.17, 15) is 0 Å². The zero-order valence-electron chi connectivity index (χ0n) is 12.7. The molecule has 0 aromatic carbocycles. The lowest BCUT2D eigenvalue weighted by Gasteiger charge is -2.25. The lowest BCUT2D eigenvalue weighted by Crippen LogP contribution is -2.43. The number of aliphatic imine (C=N–C) groups is 1. The van der Waals surface area contributed by atoms with Crippen LogP contribution in [0.2, 0.25) is 0 Å². The van der Waals surface area contributed by atoms with E-state index in [0.717, 1.165) is 13.0 Å². The Hall–Kier alpha value is -0.670. The van der Waals surface area contributed by atoms with Crippen LogP contribution in [0.4, 0.5) is 0 Å². The molecule has 1 heterocycles. The molecule has 0 aliphatic carbocycles. The van der Waals surface area contributed by atoms with Gasteiger partial charge < -0.3 is 5.73 Å². The van der Waals surface area contributed by atoms with Crippen LogP contribution in [0.1, 0.15) is 65.2 Å². The lowest BCUT2D eigenvalue weighted by molar-refractivity contribution is 0.194. The van der Waals surface area contributed by atoms with Gasteiger partial charge in [-0.2, -0.15) is 0 Å². The number of unbranched alkanes of at least 4 members (excludes halogenated alkanes) is 6. The first kappa shape index (κ1) is 16.4. The Balaban J connectivity index is 2.02. The molecule has 2 N–H and O–H groups in total. The average molecular weight is 265 g/mol. The van der Waals surface area contributed by atoms with Gasteiger partial charge in [-0.15, -0.1) is 0 Å². The first-order valence-corrected chi connectivity index (χ1v) is 7.93. The average Bonchev–Trinajstić information content (AvgIpc) is 2.85. The zero-order valence-corrected chi connectivity index (χ0v) is 12.7. The van der Waals surface area contributed by atoms with Crippen molar-refractivity contribution < 1.29 is 0 Å². The third-order valence-corrected chi connectivity index (χ3v) is 3.71. The largest absolute Gasteiger partial charge is 0.316 e. The Labute approximate surface area is 119 Å². The number of nitrogens with two attached hydrogens (primary N) is 1. The van der Waals surface area contributed by atoms with E-state index in [1.165, 1.54) is 44.9 Å². The van der Waals surface area contributed by atoms with Crippen molar-refractivity contribution in [2.24, 2.45) is 10.7 Å². The molecule has 0 aromatic heterocycles. The van der Waals surface area contributed by atoms with Gasteiger partial charge >= 0.3 is 0 Å². The van der Waals surface area contributed by atoms with Gasteiger partial charge in [0.2, 0.25) is 0 Å². The summed E-state index contributed by atoms with van der Waals surface area (Å²) in [7, 11) is 0. The number of hydrogen-bond acceptors (Lipinski definition) is 3. The summed E-state index contributed by atoms with van der Waals surface area (Å²) >= 11 is 0. The van der Waals surface area contributed by atoms with E-state index in [1.54, 1.807) is 0 Å². The molecule has 0 saturated heterocycles. The molecule has 3 heteroatoms. The minimum absolute atomic E-state index is 0.0967. The maximum atomic E-state index is 5.92. The van der Waals surface area contributed by atoms with E-state index in [2.05, 4.69) is 29.0 Å². The van der Waals surface area contributed by atoms with Crippen molar-refractivity contribution in [2.45, 2.75) is 77.5 Å². The summed E-state index contributed by atoms with van der Waals surface area (Å²) in [6, 6.07) is 0. The summed E-state index contributed by atoms with van der Waals surface area (Å²) in [5, 5.41) is 0. The van der Waals surface area contributed by atoms with Crippen LogP contribution in [-0.2, 0) is 0 Å². The first-order valence-electron chi connectivity index (χ1n) is 7.93. The molecule has 110 valence electrons. The topological polar surface area (TPSA) is 41.6 Å². The minimum atomic E-state index is 0.0967. The molecule has 0 radical (unpaired) electrons. The molecule has 1 aliphatic heterocycles. The normalized spacial score (nSPS) is 21.5. The number of nitrogens with zero attached hydrogens (tertiary/aromatic N) is 2. The van der Waals surface area contributed by atoms with Crippen molar-refractivity contribution in [3.8, 4) is 0 Å². The quantitative estimate of drug-likeness (QED) is 0.483. The van der Waals surface area contributed by atoms with E-state index >= 15 is 0 Å². The van der Waals surface area contributed by atoms with Crippen molar-refractivity contribution in [1.29, 1.82) is 0 Å². The maximum absolute atomic E-state index is 5.92. The Morgan fingerprint density at radius 1 is 1.26 bits per heavy atom. The predicted octanol–water partition coefficient (Wildman–Crippen LogP) is 3.70. The van der Waals surface area contributed by atoms with E-state index in [0.29, 0.717) is 0 Å². The molecule has 0 fully saturated rings. The van der Waals surface area contributed by atoms with Crippen molar-refractivity contribution in [2.75, 3.05) is 6.54 Å². The van der Waals surface area contributed by atoms with Crippen LogP contribution in [0.5, 0.6) is 0 Å². The van der Waals surface area contributed by atoms with Crippen LogP contribution < -0.4 is 5.73 Å². The molecule has 1 aliphatic rings. The van der Waals surface area contributed by atoms with Crippen molar-refractivity contribution >= 4 is 6.21 Å². The first-order chi connectivity index (χ1) is 9.25. The smallest absolute Gasteiger partial charge is 0.107 e. The molecule has 3 nitrogen and oxygen atoms in total. The highest BCUT2D eigenvalue weighted by molar-refractivity contribution is 5.62. The van der Waals surface area contributed by atoms with E-state index < -0.39 is 0 Å². The molecule has 0 amide bonds. The zero-order chi connectivity index (χ0) is 13.9. The van der Waals surface area contributed by atoms with Crippen LogP contribution in [-0.4, -0.2) is 30.0 Å². The molecular formula is C16H31N3. The second-order valence-corrected chi connectivity index (χ2v) is 5.51. The second-order valence-electron chi connectivity index (χ2n) is 5.51. The Bertz CT molecular complexity index is 271. The fourth-order valence-electron chi connectivity index (χ4n) is 2.48. The highest BCUT2D eigenvalue weighted by Gasteiger charge is 2.22. The van der Waals surface area contributed by atoms with Crippen LogP contribution in [0.25, 0.3) is 0 Å². The number of rotatable bonds is 10. The molecule has 19 heavy (non-hydrogen) atoms. The van der Waals surface area contributed by atoms with E-state index in [4.69, 9.17) is 5.73 Å². The fourth-order valence-corrected chi connectivity index (χ4v) is 2.48. The molecule has 0 saturated carbocycles. The van der Waals surface area contributed by atoms with Gasteiger partial charge in [-0.05, 0) is 19.8 Å². The van der Waals surface area contributed by atoms with Crippen molar-refractivity contribution in [3.63, 3.8) is 0 Å². The Morgan fingerprint density at radius 3 is 2.74 bits per heavy atom. The highest BCUT2D eigenvalue weighted by atomic mass is 15.3. The standard InChI is InChI=1S/C16H31N3/c1-3-4-5-6-7-8-9-10-11-12-16-18-13-14-19(16)15(2)17/h10-11,13,15-16H,3-9,12,14,17H2,1-2H3/b11-10+.